The van der Waals surface area contributed by atoms with Gasteiger partial charge in [-0.1, -0.05) is 15.9 Å². The number of rotatable bonds is 2. The van der Waals surface area contributed by atoms with Crippen molar-refractivity contribution < 1.29 is 19.4 Å². The fourth-order valence-electron chi connectivity index (χ4n) is 2.22. The van der Waals surface area contributed by atoms with Crippen molar-refractivity contribution in [2.75, 3.05) is 7.11 Å². The van der Waals surface area contributed by atoms with Gasteiger partial charge in [0.25, 0.3) is 0 Å². The van der Waals surface area contributed by atoms with Crippen LogP contribution in [0.4, 0.5) is 0 Å². The molecule has 2 rings (SSSR count). The molecule has 0 saturated carbocycles. The lowest BCUT2D eigenvalue weighted by Gasteiger charge is -2.40. The Balaban J connectivity index is 2.60. The van der Waals surface area contributed by atoms with Gasteiger partial charge in [-0.25, -0.2) is 0 Å². The van der Waals surface area contributed by atoms with Crippen LogP contribution >= 0.6 is 15.9 Å². The fourth-order valence-corrected chi connectivity index (χ4v) is 2.60. The molecule has 4 nitrogen and oxygen atoms in total. The first-order valence-corrected chi connectivity index (χ1v) is 6.93. The first kappa shape index (κ1) is 14.3. The van der Waals surface area contributed by atoms with Crippen LogP contribution in [0.25, 0.3) is 0 Å². The van der Waals surface area contributed by atoms with Gasteiger partial charge < -0.3 is 14.6 Å². The van der Waals surface area contributed by atoms with E-state index in [0.29, 0.717) is 22.6 Å². The molecular formula is C14H17BrO4. The van der Waals surface area contributed by atoms with Crippen molar-refractivity contribution in [1.82, 2.24) is 0 Å². The molecule has 104 valence electrons. The van der Waals surface area contributed by atoms with Crippen LogP contribution in [-0.4, -0.2) is 28.4 Å². The summed E-state index contributed by atoms with van der Waals surface area (Å²) in [6.07, 6.45) is -0.734. The van der Waals surface area contributed by atoms with Gasteiger partial charge in [-0.15, -0.1) is 0 Å². The van der Waals surface area contributed by atoms with Crippen LogP contribution in [-0.2, 0) is 0 Å². The minimum absolute atomic E-state index is 0.109. The molecule has 2 atom stereocenters. The zero-order chi connectivity index (χ0) is 14.4. The SMILES string of the molecule is COc1cc2c(cc1C(C)=O)[C@@H](O)[C@H](Br)C(C)(C)O2. The first-order chi connectivity index (χ1) is 8.77. The van der Waals surface area contributed by atoms with Crippen molar-refractivity contribution in [1.29, 1.82) is 0 Å². The number of aliphatic hydroxyl groups excluding tert-OH is 1. The third-order valence-electron chi connectivity index (χ3n) is 3.34. The minimum Gasteiger partial charge on any atom is -0.496 e. The van der Waals surface area contributed by atoms with E-state index in [1.54, 1.807) is 12.1 Å². The number of aliphatic hydroxyl groups is 1. The third kappa shape index (κ3) is 2.37. The van der Waals surface area contributed by atoms with E-state index in [4.69, 9.17) is 9.47 Å². The molecule has 0 aliphatic carbocycles. The molecular weight excluding hydrogens is 312 g/mol. The predicted octanol–water partition coefficient (Wildman–Crippen LogP) is 2.87. The lowest BCUT2D eigenvalue weighted by molar-refractivity contribution is 0.0223. The Hall–Kier alpha value is -1.07. The van der Waals surface area contributed by atoms with Crippen LogP contribution in [0.15, 0.2) is 12.1 Å². The van der Waals surface area contributed by atoms with Gasteiger partial charge in [-0.3, -0.25) is 4.79 Å². The van der Waals surface area contributed by atoms with Gasteiger partial charge in [0, 0.05) is 11.6 Å². The summed E-state index contributed by atoms with van der Waals surface area (Å²) < 4.78 is 11.1. The highest BCUT2D eigenvalue weighted by Gasteiger charge is 2.42. The number of hydrogen-bond acceptors (Lipinski definition) is 4. The van der Waals surface area contributed by atoms with E-state index in [0.717, 1.165) is 0 Å². The molecule has 0 amide bonds. The van der Waals surface area contributed by atoms with E-state index in [-0.39, 0.29) is 10.6 Å². The van der Waals surface area contributed by atoms with Crippen LogP contribution in [0, 0.1) is 0 Å². The molecule has 0 aromatic heterocycles. The van der Waals surface area contributed by atoms with Crippen LogP contribution in [0.5, 0.6) is 11.5 Å². The van der Waals surface area contributed by atoms with Gasteiger partial charge in [0.2, 0.25) is 0 Å². The maximum atomic E-state index is 11.6. The molecule has 19 heavy (non-hydrogen) atoms. The zero-order valence-electron chi connectivity index (χ0n) is 11.4. The predicted molar refractivity (Wildman–Crippen MR) is 75.4 cm³/mol. The molecule has 0 bridgehead atoms. The Kier molecular flexibility index (Phi) is 3.62. The summed E-state index contributed by atoms with van der Waals surface area (Å²) in [5.41, 5.74) is 0.505. The highest BCUT2D eigenvalue weighted by molar-refractivity contribution is 9.09. The Morgan fingerprint density at radius 1 is 1.47 bits per heavy atom. The largest absolute Gasteiger partial charge is 0.496 e. The molecule has 1 aromatic rings. The molecule has 0 fully saturated rings. The number of halogens is 1. The van der Waals surface area contributed by atoms with E-state index in [1.165, 1.54) is 14.0 Å². The number of ether oxygens (including phenoxy) is 2. The number of carbonyl (C=O) groups excluding carboxylic acids is 1. The molecule has 0 radical (unpaired) electrons. The van der Waals surface area contributed by atoms with Crippen molar-refractivity contribution in [3.05, 3.63) is 23.3 Å². The highest BCUT2D eigenvalue weighted by Crippen LogP contribution is 2.45. The van der Waals surface area contributed by atoms with Crippen molar-refractivity contribution in [3.8, 4) is 11.5 Å². The summed E-state index contributed by atoms with van der Waals surface area (Å²) in [5, 5.41) is 10.4. The van der Waals surface area contributed by atoms with Crippen LogP contribution in [0.3, 0.4) is 0 Å². The van der Waals surface area contributed by atoms with E-state index in [1.807, 2.05) is 13.8 Å². The van der Waals surface area contributed by atoms with Crippen LogP contribution in [0.2, 0.25) is 0 Å². The summed E-state index contributed by atoms with van der Waals surface area (Å²) in [6, 6.07) is 3.31. The molecule has 0 saturated heterocycles. The number of alkyl halides is 1. The number of fused-ring (bicyclic) bond motifs is 1. The average Bonchev–Trinajstić information content (AvgIpc) is 2.34. The summed E-state index contributed by atoms with van der Waals surface area (Å²) in [4.78, 5) is 11.4. The zero-order valence-corrected chi connectivity index (χ0v) is 12.9. The normalized spacial score (nSPS) is 24.3. The lowest BCUT2D eigenvalue weighted by Crippen LogP contribution is -2.45. The van der Waals surface area contributed by atoms with Crippen LogP contribution < -0.4 is 9.47 Å². The number of hydrogen-bond donors (Lipinski definition) is 1. The molecule has 5 heteroatoms. The number of carbonyl (C=O) groups is 1. The van der Waals surface area contributed by atoms with E-state index < -0.39 is 11.7 Å². The van der Waals surface area contributed by atoms with E-state index in [9.17, 15) is 9.90 Å². The number of ketones is 1. The Morgan fingerprint density at radius 2 is 2.11 bits per heavy atom. The second kappa shape index (κ2) is 4.80. The standard InChI is InChI=1S/C14H17BrO4/c1-7(16)8-5-9-11(6-10(8)18-4)19-14(2,3)13(15)12(9)17/h5-6,12-13,17H,1-4H3/t12-,13+/m1/s1. The van der Waals surface area contributed by atoms with Gasteiger partial charge >= 0.3 is 0 Å². The van der Waals surface area contributed by atoms with Crippen molar-refractivity contribution in [3.63, 3.8) is 0 Å². The van der Waals surface area contributed by atoms with Crippen molar-refractivity contribution in [2.45, 2.75) is 37.3 Å². The average molecular weight is 329 g/mol. The second-order valence-electron chi connectivity index (χ2n) is 5.20. The maximum Gasteiger partial charge on any atom is 0.163 e. The molecule has 1 aliphatic heterocycles. The molecule has 1 N–H and O–H groups in total. The maximum absolute atomic E-state index is 11.6. The minimum atomic E-state index is -0.734. The Labute approximate surface area is 120 Å². The quantitative estimate of drug-likeness (QED) is 0.670. The monoisotopic (exact) mass is 328 g/mol. The Morgan fingerprint density at radius 3 is 2.63 bits per heavy atom. The smallest absolute Gasteiger partial charge is 0.163 e. The van der Waals surface area contributed by atoms with Gasteiger partial charge in [0.05, 0.1) is 23.6 Å². The third-order valence-corrected chi connectivity index (χ3v) is 4.95. The molecule has 0 unspecified atom stereocenters. The summed E-state index contributed by atoms with van der Waals surface area (Å²) >= 11 is 3.45. The fraction of sp³-hybridized carbons (Fsp3) is 0.500. The number of methoxy groups -OCH3 is 1. The van der Waals surface area contributed by atoms with Gasteiger partial charge in [-0.05, 0) is 26.8 Å². The molecule has 1 heterocycles. The number of Topliss-reactive ketones (excluding diaryl/α,β-unsaturated/α-hetero) is 1. The number of benzene rings is 1. The van der Waals surface area contributed by atoms with E-state index >= 15 is 0 Å². The Bertz CT molecular complexity index is 524. The summed E-state index contributed by atoms with van der Waals surface area (Å²) in [6.45, 7) is 5.25. The topological polar surface area (TPSA) is 55.8 Å². The summed E-state index contributed by atoms with van der Waals surface area (Å²) in [7, 11) is 1.51. The molecule has 1 aliphatic rings. The first-order valence-electron chi connectivity index (χ1n) is 6.02. The second-order valence-corrected chi connectivity index (χ2v) is 6.19. The molecule has 1 aromatic carbocycles. The van der Waals surface area contributed by atoms with E-state index in [2.05, 4.69) is 15.9 Å². The summed E-state index contributed by atoms with van der Waals surface area (Å²) in [5.74, 6) is 0.903. The van der Waals surface area contributed by atoms with Crippen molar-refractivity contribution >= 4 is 21.7 Å². The lowest BCUT2D eigenvalue weighted by atomic mass is 9.90. The van der Waals surface area contributed by atoms with Gasteiger partial charge in [0.15, 0.2) is 5.78 Å². The van der Waals surface area contributed by atoms with Crippen LogP contribution in [0.1, 0.15) is 42.8 Å². The van der Waals surface area contributed by atoms with Gasteiger partial charge in [0.1, 0.15) is 17.1 Å². The molecule has 0 spiro atoms. The highest BCUT2D eigenvalue weighted by atomic mass is 79.9. The van der Waals surface area contributed by atoms with Crippen molar-refractivity contribution in [2.24, 2.45) is 0 Å². The van der Waals surface area contributed by atoms with Gasteiger partial charge in [-0.2, -0.15) is 0 Å².